The number of benzene rings is 1. The maximum Gasteiger partial charge on any atom is 0.307 e. The maximum atomic E-state index is 11.7. The zero-order valence-electron chi connectivity index (χ0n) is 17.1. The number of ether oxygens (including phenoxy) is 1. The van der Waals surface area contributed by atoms with Crippen LogP contribution in [0.2, 0.25) is 0 Å². The second kappa shape index (κ2) is 9.15. The van der Waals surface area contributed by atoms with Gasteiger partial charge in [-0.1, -0.05) is 18.2 Å². The highest BCUT2D eigenvalue weighted by Crippen LogP contribution is 2.40. The van der Waals surface area contributed by atoms with Crippen LogP contribution in [0, 0.1) is 10.1 Å². The molecule has 1 saturated heterocycles. The van der Waals surface area contributed by atoms with Gasteiger partial charge in [0.05, 0.1) is 30.2 Å². The Morgan fingerprint density at radius 1 is 1.28 bits per heavy atom. The predicted octanol–water partition coefficient (Wildman–Crippen LogP) is 3.79. The lowest BCUT2D eigenvalue weighted by Crippen LogP contribution is -2.31. The number of hydrogen-bond donors (Lipinski definition) is 1. The van der Waals surface area contributed by atoms with Gasteiger partial charge in [-0.3, -0.25) is 19.9 Å². The van der Waals surface area contributed by atoms with Gasteiger partial charge >= 0.3 is 5.97 Å². The summed E-state index contributed by atoms with van der Waals surface area (Å²) < 4.78 is 10.9. The predicted molar refractivity (Wildman–Crippen MR) is 120 cm³/mol. The fourth-order valence-corrected chi connectivity index (χ4v) is 4.04. The molecule has 0 bridgehead atoms. The van der Waals surface area contributed by atoms with E-state index in [-0.39, 0.29) is 30.2 Å². The summed E-state index contributed by atoms with van der Waals surface area (Å²) in [6, 6.07) is 14.8. The average Bonchev–Trinajstić information content (AvgIpc) is 3.42. The largest absolute Gasteiger partial charge is 0.469 e. The van der Waals surface area contributed by atoms with Crippen molar-refractivity contribution in [3.8, 4) is 11.3 Å². The molecule has 1 aliphatic rings. The quantitative estimate of drug-likeness (QED) is 0.248. The van der Waals surface area contributed by atoms with Gasteiger partial charge < -0.3 is 19.4 Å². The van der Waals surface area contributed by atoms with E-state index >= 15 is 0 Å². The number of methoxy groups -OCH3 is 1. The topological polar surface area (TPSA) is 111 Å². The first-order chi connectivity index (χ1) is 15.5. The van der Waals surface area contributed by atoms with Crippen molar-refractivity contribution < 1.29 is 18.9 Å². The number of pyridine rings is 1. The smallest absolute Gasteiger partial charge is 0.307 e. The molecule has 1 aliphatic heterocycles. The van der Waals surface area contributed by atoms with Gasteiger partial charge in [0.15, 0.2) is 5.11 Å². The molecular formula is C22H20N4O5S. The van der Waals surface area contributed by atoms with Gasteiger partial charge in [-0.15, -0.1) is 0 Å². The molecule has 164 valence electrons. The van der Waals surface area contributed by atoms with Crippen molar-refractivity contribution in [1.82, 2.24) is 15.2 Å². The number of furan rings is 1. The third-order valence-corrected chi connectivity index (χ3v) is 5.59. The molecule has 4 rings (SSSR count). The minimum atomic E-state index is -0.446. The summed E-state index contributed by atoms with van der Waals surface area (Å²) in [6.45, 7) is 0.333. The highest BCUT2D eigenvalue weighted by atomic mass is 32.1. The lowest BCUT2D eigenvalue weighted by molar-refractivity contribution is -0.384. The van der Waals surface area contributed by atoms with Crippen molar-refractivity contribution >= 4 is 29.0 Å². The van der Waals surface area contributed by atoms with E-state index in [2.05, 4.69) is 10.3 Å². The number of rotatable bonds is 7. The summed E-state index contributed by atoms with van der Waals surface area (Å²) in [7, 11) is 1.34. The van der Waals surface area contributed by atoms with E-state index in [9.17, 15) is 14.9 Å². The van der Waals surface area contributed by atoms with Crippen LogP contribution in [0.15, 0.2) is 65.2 Å². The van der Waals surface area contributed by atoms with Crippen LogP contribution >= 0.6 is 12.2 Å². The third kappa shape index (κ3) is 4.30. The summed E-state index contributed by atoms with van der Waals surface area (Å²) in [5, 5.41) is 14.9. The molecule has 32 heavy (non-hydrogen) atoms. The Balaban J connectivity index is 1.69. The minimum absolute atomic E-state index is 0.0183. The number of hydrogen-bond acceptors (Lipinski definition) is 7. The van der Waals surface area contributed by atoms with Crippen LogP contribution in [0.25, 0.3) is 11.3 Å². The number of nitro benzene ring substituents is 1. The second-order valence-electron chi connectivity index (χ2n) is 7.16. The standard InChI is InChI=1S/C22H20N4O5S/c1-30-19(27)10-12-25-21(20(24-22(25)32)16-7-2-3-11-23-16)18-9-8-17(31-18)14-5-4-6-15(13-14)26(28)29/h2-9,11,13,20-21H,10,12H2,1H3,(H,24,32)/t20-,21-/m0/s1. The van der Waals surface area contributed by atoms with Crippen LogP contribution in [-0.4, -0.2) is 39.5 Å². The first-order valence-electron chi connectivity index (χ1n) is 9.87. The van der Waals surface area contributed by atoms with Crippen molar-refractivity contribution in [1.29, 1.82) is 0 Å². The fraction of sp³-hybridized carbons (Fsp3) is 0.227. The lowest BCUT2D eigenvalue weighted by atomic mass is 10.0. The summed E-state index contributed by atoms with van der Waals surface area (Å²) in [4.78, 5) is 28.8. The number of esters is 1. The number of carbonyl (C=O) groups excluding carboxylic acids is 1. The SMILES string of the molecule is COC(=O)CCN1C(=S)N[C@@H](c2ccccn2)[C@@H]1c1ccc(-c2cccc([N+](=O)[O-])c2)o1. The molecule has 2 aromatic heterocycles. The minimum Gasteiger partial charge on any atom is -0.469 e. The summed E-state index contributed by atoms with van der Waals surface area (Å²) >= 11 is 5.55. The van der Waals surface area contributed by atoms with E-state index < -0.39 is 4.92 Å². The van der Waals surface area contributed by atoms with Gasteiger partial charge in [0.25, 0.3) is 5.69 Å². The molecule has 0 radical (unpaired) electrons. The number of nitrogens with one attached hydrogen (secondary N) is 1. The van der Waals surface area contributed by atoms with Crippen molar-refractivity contribution in [2.75, 3.05) is 13.7 Å². The molecule has 1 N–H and O–H groups in total. The Morgan fingerprint density at radius 2 is 2.12 bits per heavy atom. The second-order valence-corrected chi connectivity index (χ2v) is 7.54. The Bertz CT molecular complexity index is 1150. The van der Waals surface area contributed by atoms with Gasteiger partial charge in [-0.05, 0) is 36.5 Å². The van der Waals surface area contributed by atoms with Gasteiger partial charge in [0.2, 0.25) is 0 Å². The van der Waals surface area contributed by atoms with Gasteiger partial charge in [-0.25, -0.2) is 0 Å². The van der Waals surface area contributed by atoms with E-state index in [1.807, 2.05) is 29.2 Å². The average molecular weight is 452 g/mol. The first-order valence-corrected chi connectivity index (χ1v) is 10.3. The van der Waals surface area contributed by atoms with Crippen LogP contribution in [0.1, 0.15) is 30.0 Å². The number of carbonyl (C=O) groups is 1. The van der Waals surface area contributed by atoms with Crippen molar-refractivity contribution in [2.24, 2.45) is 0 Å². The molecule has 0 saturated carbocycles. The third-order valence-electron chi connectivity index (χ3n) is 5.24. The number of nitro groups is 1. The van der Waals surface area contributed by atoms with Crippen molar-refractivity contribution in [3.63, 3.8) is 0 Å². The molecule has 3 heterocycles. The van der Waals surface area contributed by atoms with Gasteiger partial charge in [-0.2, -0.15) is 0 Å². The van der Waals surface area contributed by atoms with Crippen molar-refractivity contribution in [3.05, 3.63) is 82.4 Å². The fourth-order valence-electron chi connectivity index (χ4n) is 3.71. The number of thiocarbonyl (C=S) groups is 1. The molecular weight excluding hydrogens is 432 g/mol. The van der Waals surface area contributed by atoms with Crippen LogP contribution in [0.5, 0.6) is 0 Å². The normalized spacial score (nSPS) is 17.8. The zero-order valence-corrected chi connectivity index (χ0v) is 18.0. The van der Waals surface area contributed by atoms with Gasteiger partial charge in [0.1, 0.15) is 17.6 Å². The summed E-state index contributed by atoms with van der Waals surface area (Å²) in [6.07, 6.45) is 1.85. The summed E-state index contributed by atoms with van der Waals surface area (Å²) in [5.41, 5.74) is 1.35. The van der Waals surface area contributed by atoms with Gasteiger partial charge in [0, 0.05) is 30.4 Å². The van der Waals surface area contributed by atoms with E-state index in [0.29, 0.717) is 28.7 Å². The molecule has 0 spiro atoms. The molecule has 9 nitrogen and oxygen atoms in total. The zero-order chi connectivity index (χ0) is 22.7. The lowest BCUT2D eigenvalue weighted by Gasteiger charge is -2.25. The van der Waals surface area contributed by atoms with E-state index in [1.165, 1.54) is 19.2 Å². The highest BCUT2D eigenvalue weighted by Gasteiger charge is 2.41. The molecule has 0 unspecified atom stereocenters. The maximum absolute atomic E-state index is 11.7. The van der Waals surface area contributed by atoms with Crippen LogP contribution in [0.4, 0.5) is 5.69 Å². The Morgan fingerprint density at radius 3 is 2.84 bits per heavy atom. The molecule has 3 aromatic rings. The molecule has 1 fully saturated rings. The number of non-ortho nitro benzene ring substituents is 1. The van der Waals surface area contributed by atoms with E-state index in [4.69, 9.17) is 21.4 Å². The highest BCUT2D eigenvalue weighted by molar-refractivity contribution is 7.80. The van der Waals surface area contributed by atoms with Crippen molar-refractivity contribution in [2.45, 2.75) is 18.5 Å². The Labute approximate surface area is 189 Å². The Kier molecular flexibility index (Phi) is 6.13. The molecule has 1 aromatic carbocycles. The number of aromatic nitrogens is 1. The summed E-state index contributed by atoms with van der Waals surface area (Å²) in [5.74, 6) is 0.748. The first kappa shape index (κ1) is 21.4. The Hall–Kier alpha value is -3.79. The molecule has 2 atom stereocenters. The van der Waals surface area contributed by atoms with Crippen LogP contribution < -0.4 is 5.32 Å². The molecule has 0 aliphatic carbocycles. The van der Waals surface area contributed by atoms with E-state index in [0.717, 1.165) is 5.69 Å². The van der Waals surface area contributed by atoms with E-state index in [1.54, 1.807) is 24.4 Å². The monoisotopic (exact) mass is 452 g/mol. The molecule has 10 heteroatoms. The van der Waals surface area contributed by atoms with Crippen LogP contribution in [-0.2, 0) is 9.53 Å². The van der Waals surface area contributed by atoms with Crippen LogP contribution in [0.3, 0.4) is 0 Å². The number of nitrogens with zero attached hydrogens (tertiary/aromatic N) is 3. The molecule has 0 amide bonds.